The highest BCUT2D eigenvalue weighted by Gasteiger charge is 2.28. The van der Waals surface area contributed by atoms with E-state index in [1.165, 1.54) is 10.6 Å². The SMILES string of the molecule is CS(=O)(=O)N1CCC(NC(=O)[C@H]2CCCCN2)CC1.Cl. The highest BCUT2D eigenvalue weighted by Crippen LogP contribution is 2.14. The Bertz CT molecular complexity index is 416. The van der Waals surface area contributed by atoms with E-state index in [2.05, 4.69) is 10.6 Å². The van der Waals surface area contributed by atoms with E-state index < -0.39 is 10.0 Å². The van der Waals surface area contributed by atoms with Gasteiger partial charge in [-0.15, -0.1) is 12.4 Å². The number of carbonyl (C=O) groups excluding carboxylic acids is 1. The number of halogens is 1. The third-order valence-corrected chi connectivity index (χ3v) is 5.20. The van der Waals surface area contributed by atoms with Crippen LogP contribution in [0.4, 0.5) is 0 Å². The first-order chi connectivity index (χ1) is 8.97. The van der Waals surface area contributed by atoms with Crippen LogP contribution >= 0.6 is 12.4 Å². The van der Waals surface area contributed by atoms with Crippen molar-refractivity contribution in [3.05, 3.63) is 0 Å². The van der Waals surface area contributed by atoms with Gasteiger partial charge in [-0.05, 0) is 32.2 Å². The maximum atomic E-state index is 12.0. The fourth-order valence-corrected chi connectivity index (χ4v) is 3.58. The molecule has 1 amide bonds. The summed E-state index contributed by atoms with van der Waals surface area (Å²) in [6.07, 6.45) is 5.76. The van der Waals surface area contributed by atoms with Crippen molar-refractivity contribution in [2.75, 3.05) is 25.9 Å². The maximum Gasteiger partial charge on any atom is 0.237 e. The fraction of sp³-hybridized carbons (Fsp3) is 0.917. The van der Waals surface area contributed by atoms with Gasteiger partial charge >= 0.3 is 0 Å². The lowest BCUT2D eigenvalue weighted by Gasteiger charge is -2.32. The van der Waals surface area contributed by atoms with Crippen molar-refractivity contribution in [2.24, 2.45) is 0 Å². The molecule has 118 valence electrons. The van der Waals surface area contributed by atoms with E-state index in [0.29, 0.717) is 25.9 Å². The number of piperidine rings is 2. The molecule has 20 heavy (non-hydrogen) atoms. The van der Waals surface area contributed by atoms with Crippen molar-refractivity contribution in [3.63, 3.8) is 0 Å². The maximum absolute atomic E-state index is 12.0. The number of nitrogens with zero attached hydrogens (tertiary/aromatic N) is 1. The van der Waals surface area contributed by atoms with Gasteiger partial charge in [0.15, 0.2) is 0 Å². The van der Waals surface area contributed by atoms with Crippen LogP contribution in [0.1, 0.15) is 32.1 Å². The molecular formula is C12H24ClN3O3S. The molecule has 1 atom stereocenters. The second-order valence-electron chi connectivity index (χ2n) is 5.45. The van der Waals surface area contributed by atoms with Crippen LogP contribution in [0.15, 0.2) is 0 Å². The van der Waals surface area contributed by atoms with Gasteiger partial charge in [-0.1, -0.05) is 6.42 Å². The number of hydrogen-bond acceptors (Lipinski definition) is 4. The average Bonchev–Trinajstić information content (AvgIpc) is 2.39. The highest BCUT2D eigenvalue weighted by molar-refractivity contribution is 7.88. The van der Waals surface area contributed by atoms with Gasteiger partial charge in [0, 0.05) is 19.1 Å². The average molecular weight is 326 g/mol. The zero-order chi connectivity index (χ0) is 13.9. The highest BCUT2D eigenvalue weighted by atomic mass is 35.5. The molecule has 0 spiro atoms. The minimum absolute atomic E-state index is 0. The van der Waals surface area contributed by atoms with Crippen molar-refractivity contribution in [1.82, 2.24) is 14.9 Å². The summed E-state index contributed by atoms with van der Waals surface area (Å²) in [6.45, 7) is 1.91. The van der Waals surface area contributed by atoms with Crippen LogP contribution in [-0.4, -0.2) is 56.6 Å². The molecule has 2 aliphatic rings. The van der Waals surface area contributed by atoms with Crippen LogP contribution in [0.25, 0.3) is 0 Å². The molecule has 0 unspecified atom stereocenters. The van der Waals surface area contributed by atoms with E-state index in [9.17, 15) is 13.2 Å². The van der Waals surface area contributed by atoms with Crippen molar-refractivity contribution in [3.8, 4) is 0 Å². The van der Waals surface area contributed by atoms with E-state index in [0.717, 1.165) is 25.8 Å². The van der Waals surface area contributed by atoms with Gasteiger partial charge in [0.1, 0.15) is 0 Å². The fourth-order valence-electron chi connectivity index (χ4n) is 2.71. The summed E-state index contributed by atoms with van der Waals surface area (Å²) in [5.74, 6) is 0.0671. The lowest BCUT2D eigenvalue weighted by Crippen LogP contribution is -2.52. The summed E-state index contributed by atoms with van der Waals surface area (Å²) in [6, 6.07) is 0.0379. The van der Waals surface area contributed by atoms with Crippen molar-refractivity contribution in [2.45, 2.75) is 44.2 Å². The molecule has 2 fully saturated rings. The molecule has 2 heterocycles. The van der Waals surface area contributed by atoms with Crippen LogP contribution in [-0.2, 0) is 14.8 Å². The van der Waals surface area contributed by atoms with Crippen LogP contribution in [0.5, 0.6) is 0 Å². The predicted molar refractivity (Wildman–Crippen MR) is 80.5 cm³/mol. The third kappa shape index (κ3) is 4.87. The van der Waals surface area contributed by atoms with E-state index in [1.54, 1.807) is 0 Å². The summed E-state index contributed by atoms with van der Waals surface area (Å²) >= 11 is 0. The summed E-state index contributed by atoms with van der Waals surface area (Å²) in [5, 5.41) is 6.26. The molecule has 0 bridgehead atoms. The van der Waals surface area contributed by atoms with Crippen LogP contribution in [0.3, 0.4) is 0 Å². The first-order valence-corrected chi connectivity index (χ1v) is 8.80. The van der Waals surface area contributed by atoms with Crippen molar-refractivity contribution >= 4 is 28.3 Å². The predicted octanol–water partition coefficient (Wildman–Crippen LogP) is 0.0905. The Morgan fingerprint density at radius 1 is 1.20 bits per heavy atom. The molecule has 8 heteroatoms. The Labute approximate surface area is 127 Å². The molecule has 0 radical (unpaired) electrons. The second kappa shape index (κ2) is 7.59. The molecular weight excluding hydrogens is 302 g/mol. The van der Waals surface area contributed by atoms with Gasteiger partial charge in [-0.3, -0.25) is 4.79 Å². The van der Waals surface area contributed by atoms with Gasteiger partial charge in [0.2, 0.25) is 15.9 Å². The Morgan fingerprint density at radius 3 is 2.35 bits per heavy atom. The van der Waals surface area contributed by atoms with Crippen molar-refractivity contribution < 1.29 is 13.2 Å². The largest absolute Gasteiger partial charge is 0.352 e. The normalized spacial score (nSPS) is 25.8. The Morgan fingerprint density at radius 2 is 1.85 bits per heavy atom. The molecule has 6 nitrogen and oxygen atoms in total. The molecule has 2 saturated heterocycles. The summed E-state index contributed by atoms with van der Waals surface area (Å²) in [4.78, 5) is 12.0. The molecule has 0 aromatic rings. The van der Waals surface area contributed by atoms with Crippen LogP contribution in [0.2, 0.25) is 0 Å². The summed E-state index contributed by atoms with van der Waals surface area (Å²) in [7, 11) is -3.09. The molecule has 2 rings (SSSR count). The first-order valence-electron chi connectivity index (χ1n) is 6.96. The third-order valence-electron chi connectivity index (χ3n) is 3.90. The van der Waals surface area contributed by atoms with Crippen molar-refractivity contribution in [1.29, 1.82) is 0 Å². The van der Waals surface area contributed by atoms with Gasteiger partial charge in [-0.2, -0.15) is 0 Å². The van der Waals surface area contributed by atoms with Gasteiger partial charge < -0.3 is 10.6 Å². The smallest absolute Gasteiger partial charge is 0.237 e. The van der Waals surface area contributed by atoms with Gasteiger partial charge in [-0.25, -0.2) is 12.7 Å². The van der Waals surface area contributed by atoms with Gasteiger partial charge in [0.25, 0.3) is 0 Å². The second-order valence-corrected chi connectivity index (χ2v) is 7.43. The Hall–Kier alpha value is -0.370. The van der Waals surface area contributed by atoms with E-state index in [-0.39, 0.29) is 30.4 Å². The first kappa shape index (κ1) is 17.7. The molecule has 0 aliphatic carbocycles. The zero-order valence-corrected chi connectivity index (χ0v) is 13.4. The lowest BCUT2D eigenvalue weighted by molar-refractivity contribution is -0.124. The van der Waals surface area contributed by atoms with E-state index in [4.69, 9.17) is 0 Å². The number of hydrogen-bond donors (Lipinski definition) is 2. The quantitative estimate of drug-likeness (QED) is 0.771. The number of carbonyl (C=O) groups is 1. The number of rotatable bonds is 3. The lowest BCUT2D eigenvalue weighted by atomic mass is 10.0. The number of amides is 1. The van der Waals surface area contributed by atoms with E-state index >= 15 is 0 Å². The molecule has 0 aromatic heterocycles. The number of sulfonamides is 1. The minimum atomic E-state index is -3.09. The van der Waals surface area contributed by atoms with E-state index in [1.807, 2.05) is 0 Å². The molecule has 2 N–H and O–H groups in total. The van der Waals surface area contributed by atoms with Crippen LogP contribution in [0, 0.1) is 0 Å². The zero-order valence-electron chi connectivity index (χ0n) is 11.8. The molecule has 0 aromatic carbocycles. The minimum Gasteiger partial charge on any atom is -0.352 e. The monoisotopic (exact) mass is 325 g/mol. The summed E-state index contributed by atoms with van der Waals surface area (Å²) < 4.78 is 24.3. The Kier molecular flexibility index (Phi) is 6.71. The summed E-state index contributed by atoms with van der Waals surface area (Å²) in [5.41, 5.74) is 0. The standard InChI is InChI=1S/C12H23N3O3S.ClH/c1-19(17,18)15-8-5-10(6-9-15)14-12(16)11-4-2-3-7-13-11;/h10-11,13H,2-9H2,1H3,(H,14,16);1H/t11-;/m1./s1. The van der Waals surface area contributed by atoms with Crippen LogP contribution < -0.4 is 10.6 Å². The Balaban J connectivity index is 0.00000200. The topological polar surface area (TPSA) is 78.5 Å². The van der Waals surface area contributed by atoms with Gasteiger partial charge in [0.05, 0.1) is 12.3 Å². The number of nitrogens with one attached hydrogen (secondary N) is 2. The molecule has 0 saturated carbocycles. The molecule has 2 aliphatic heterocycles.